The van der Waals surface area contributed by atoms with Gasteiger partial charge in [0.2, 0.25) is 0 Å². The number of anilines is 1. The number of carbonyl (C=O) groups excluding carboxylic acids is 1. The zero-order chi connectivity index (χ0) is 19.3. The molecule has 0 fully saturated rings. The molecule has 0 unspecified atom stereocenters. The van der Waals surface area contributed by atoms with Gasteiger partial charge in [-0.25, -0.2) is 0 Å². The lowest BCUT2D eigenvalue weighted by Crippen LogP contribution is -2.29. The third-order valence-corrected chi connectivity index (χ3v) is 4.04. The molecule has 0 aliphatic rings. The van der Waals surface area contributed by atoms with Crippen LogP contribution in [0.2, 0.25) is 5.15 Å². The summed E-state index contributed by atoms with van der Waals surface area (Å²) in [4.78, 5) is 22.9. The Morgan fingerprint density at radius 2 is 2.04 bits per heavy atom. The predicted octanol–water partition coefficient (Wildman–Crippen LogP) is 3.25. The third kappa shape index (κ3) is 4.72. The topological polar surface area (TPSA) is 102 Å². The van der Waals surface area contributed by atoms with Gasteiger partial charge in [-0.1, -0.05) is 37.6 Å². The second kappa shape index (κ2) is 8.66. The number of para-hydroxylation sites is 2. The van der Waals surface area contributed by atoms with Crippen molar-refractivity contribution in [3.63, 3.8) is 0 Å². The molecular weight excluding hydrogens is 358 g/mol. The Bertz CT molecular complexity index is 804. The van der Waals surface area contributed by atoms with E-state index >= 15 is 0 Å². The summed E-state index contributed by atoms with van der Waals surface area (Å²) in [6.07, 6.45) is 0. The molecule has 1 heterocycles. The fourth-order valence-electron chi connectivity index (χ4n) is 2.52. The monoisotopic (exact) mass is 379 g/mol. The molecule has 0 aliphatic carbocycles. The molecule has 1 aromatic heterocycles. The number of nitrogens with zero attached hydrogens (tertiary/aromatic N) is 3. The van der Waals surface area contributed by atoms with Crippen molar-refractivity contribution < 1.29 is 9.72 Å². The van der Waals surface area contributed by atoms with Gasteiger partial charge < -0.3 is 10.6 Å². The predicted molar refractivity (Wildman–Crippen MR) is 101 cm³/mol. The Balaban J connectivity index is 1.94. The Morgan fingerprint density at radius 1 is 1.35 bits per heavy atom. The number of amides is 1. The first-order chi connectivity index (χ1) is 12.3. The minimum absolute atomic E-state index is 0.00678. The van der Waals surface area contributed by atoms with E-state index in [1.807, 2.05) is 13.8 Å². The lowest BCUT2D eigenvalue weighted by Gasteiger charge is -2.09. The standard InChI is InChI=1S/C17H22ClN5O3/c1-11(2)10-22-16(18)15(12(3)21-22)17(24)20-9-8-19-13-6-4-5-7-14(13)23(25)26/h4-7,11,19H,8-10H2,1-3H3,(H,20,24). The van der Waals surface area contributed by atoms with E-state index in [0.717, 1.165) is 0 Å². The summed E-state index contributed by atoms with van der Waals surface area (Å²) >= 11 is 6.28. The molecule has 2 aromatic rings. The summed E-state index contributed by atoms with van der Waals surface area (Å²) < 4.78 is 1.63. The third-order valence-electron chi connectivity index (χ3n) is 3.66. The van der Waals surface area contributed by atoms with Crippen molar-refractivity contribution in [3.8, 4) is 0 Å². The molecule has 0 aliphatic heterocycles. The fraction of sp³-hybridized carbons (Fsp3) is 0.412. The van der Waals surface area contributed by atoms with Crippen LogP contribution in [0.4, 0.5) is 11.4 Å². The molecule has 0 radical (unpaired) electrons. The number of hydrogen-bond donors (Lipinski definition) is 2. The SMILES string of the molecule is Cc1nn(CC(C)C)c(Cl)c1C(=O)NCCNc1ccccc1[N+](=O)[O-]. The van der Waals surface area contributed by atoms with Gasteiger partial charge in [-0.05, 0) is 18.9 Å². The molecule has 0 saturated heterocycles. The van der Waals surface area contributed by atoms with Crippen LogP contribution < -0.4 is 10.6 Å². The lowest BCUT2D eigenvalue weighted by atomic mass is 10.2. The molecule has 26 heavy (non-hydrogen) atoms. The van der Waals surface area contributed by atoms with Gasteiger partial charge in [-0.15, -0.1) is 0 Å². The van der Waals surface area contributed by atoms with Crippen molar-refractivity contribution in [2.75, 3.05) is 18.4 Å². The van der Waals surface area contributed by atoms with Crippen molar-refractivity contribution in [2.24, 2.45) is 5.92 Å². The van der Waals surface area contributed by atoms with Crippen molar-refractivity contribution in [3.05, 3.63) is 50.8 Å². The summed E-state index contributed by atoms with van der Waals surface area (Å²) in [6.45, 7) is 7.09. The quantitative estimate of drug-likeness (QED) is 0.416. The van der Waals surface area contributed by atoms with Crippen LogP contribution in [0.25, 0.3) is 0 Å². The minimum Gasteiger partial charge on any atom is -0.378 e. The van der Waals surface area contributed by atoms with Crippen molar-refractivity contribution in [2.45, 2.75) is 27.3 Å². The molecule has 2 rings (SSSR count). The Labute approximate surface area is 156 Å². The van der Waals surface area contributed by atoms with E-state index in [1.165, 1.54) is 6.07 Å². The maximum atomic E-state index is 12.4. The van der Waals surface area contributed by atoms with Gasteiger partial charge in [0.15, 0.2) is 0 Å². The highest BCUT2D eigenvalue weighted by atomic mass is 35.5. The lowest BCUT2D eigenvalue weighted by molar-refractivity contribution is -0.384. The van der Waals surface area contributed by atoms with Crippen LogP contribution in [0.3, 0.4) is 0 Å². The summed E-state index contributed by atoms with van der Waals surface area (Å²) in [5.41, 5.74) is 1.33. The van der Waals surface area contributed by atoms with Crippen molar-refractivity contribution in [1.82, 2.24) is 15.1 Å². The number of aromatic nitrogens is 2. The van der Waals surface area contributed by atoms with Gasteiger partial charge in [0, 0.05) is 25.7 Å². The van der Waals surface area contributed by atoms with Crippen LogP contribution in [-0.4, -0.2) is 33.7 Å². The van der Waals surface area contributed by atoms with Crippen LogP contribution in [0.15, 0.2) is 24.3 Å². The molecular formula is C17H22ClN5O3. The van der Waals surface area contributed by atoms with Crippen LogP contribution in [0, 0.1) is 23.0 Å². The van der Waals surface area contributed by atoms with Gasteiger partial charge in [0.1, 0.15) is 10.8 Å². The summed E-state index contributed by atoms with van der Waals surface area (Å²) in [5, 5.41) is 21.3. The highest BCUT2D eigenvalue weighted by Gasteiger charge is 2.20. The summed E-state index contributed by atoms with van der Waals surface area (Å²) in [5.74, 6) is 0.0421. The van der Waals surface area contributed by atoms with E-state index in [1.54, 1.807) is 29.8 Å². The minimum atomic E-state index is -0.451. The molecule has 0 atom stereocenters. The number of hydrogen-bond acceptors (Lipinski definition) is 5. The molecule has 0 spiro atoms. The van der Waals surface area contributed by atoms with E-state index in [4.69, 9.17) is 11.6 Å². The summed E-state index contributed by atoms with van der Waals surface area (Å²) in [6, 6.07) is 6.36. The average molecular weight is 380 g/mol. The smallest absolute Gasteiger partial charge is 0.292 e. The first kappa shape index (κ1) is 19.7. The second-order valence-electron chi connectivity index (χ2n) is 6.28. The number of carbonyl (C=O) groups is 1. The number of halogens is 1. The van der Waals surface area contributed by atoms with Crippen molar-refractivity contribution >= 4 is 28.9 Å². The zero-order valence-electron chi connectivity index (χ0n) is 15.0. The van der Waals surface area contributed by atoms with Crippen LogP contribution >= 0.6 is 11.6 Å². The zero-order valence-corrected chi connectivity index (χ0v) is 15.7. The number of nitro groups is 1. The number of rotatable bonds is 8. The van der Waals surface area contributed by atoms with E-state index < -0.39 is 4.92 Å². The molecule has 0 saturated carbocycles. The van der Waals surface area contributed by atoms with Gasteiger partial charge in [0.25, 0.3) is 11.6 Å². The second-order valence-corrected chi connectivity index (χ2v) is 6.64. The number of benzene rings is 1. The molecule has 9 heteroatoms. The van der Waals surface area contributed by atoms with E-state index in [-0.39, 0.29) is 18.1 Å². The average Bonchev–Trinajstić information content (AvgIpc) is 2.84. The fourth-order valence-corrected chi connectivity index (χ4v) is 2.85. The van der Waals surface area contributed by atoms with Crippen LogP contribution in [-0.2, 0) is 6.54 Å². The van der Waals surface area contributed by atoms with E-state index in [2.05, 4.69) is 15.7 Å². The van der Waals surface area contributed by atoms with Gasteiger partial charge in [-0.2, -0.15) is 5.10 Å². The highest BCUT2D eigenvalue weighted by Crippen LogP contribution is 2.23. The molecule has 0 bridgehead atoms. The van der Waals surface area contributed by atoms with E-state index in [9.17, 15) is 14.9 Å². The number of aryl methyl sites for hydroxylation is 1. The highest BCUT2D eigenvalue weighted by molar-refractivity contribution is 6.33. The Hall–Kier alpha value is -2.61. The van der Waals surface area contributed by atoms with Crippen LogP contribution in [0.1, 0.15) is 29.9 Å². The molecule has 8 nitrogen and oxygen atoms in total. The van der Waals surface area contributed by atoms with Crippen molar-refractivity contribution in [1.29, 1.82) is 0 Å². The molecule has 1 aromatic carbocycles. The first-order valence-corrected chi connectivity index (χ1v) is 8.67. The maximum Gasteiger partial charge on any atom is 0.292 e. The van der Waals surface area contributed by atoms with Gasteiger partial charge in [0.05, 0.1) is 16.2 Å². The largest absolute Gasteiger partial charge is 0.378 e. The normalized spacial score (nSPS) is 10.8. The molecule has 140 valence electrons. The Morgan fingerprint density at radius 3 is 2.69 bits per heavy atom. The Kier molecular flexibility index (Phi) is 6.57. The van der Waals surface area contributed by atoms with Gasteiger partial charge in [-0.3, -0.25) is 19.6 Å². The molecule has 1 amide bonds. The first-order valence-electron chi connectivity index (χ1n) is 8.29. The van der Waals surface area contributed by atoms with Gasteiger partial charge >= 0.3 is 0 Å². The molecule has 2 N–H and O–H groups in total. The summed E-state index contributed by atoms with van der Waals surface area (Å²) in [7, 11) is 0. The number of nitro benzene ring substituents is 1. The van der Waals surface area contributed by atoms with Crippen LogP contribution in [0.5, 0.6) is 0 Å². The maximum absolute atomic E-state index is 12.4. The van der Waals surface area contributed by atoms with E-state index in [0.29, 0.717) is 41.1 Å². The number of nitrogens with one attached hydrogen (secondary N) is 2.